The second kappa shape index (κ2) is 8.50. The Morgan fingerprint density at radius 3 is 2.33 bits per heavy atom. The van der Waals surface area contributed by atoms with Crippen LogP contribution in [-0.2, 0) is 9.53 Å². The van der Waals surface area contributed by atoms with Crippen LogP contribution < -0.4 is 10.2 Å². The monoisotopic (exact) mass is 391 g/mol. The molecule has 0 spiro atoms. The van der Waals surface area contributed by atoms with Gasteiger partial charge in [0.1, 0.15) is 0 Å². The van der Waals surface area contributed by atoms with Crippen LogP contribution in [0, 0.1) is 10.1 Å². The van der Waals surface area contributed by atoms with Gasteiger partial charge in [-0.05, 0) is 37.3 Å². The van der Waals surface area contributed by atoms with Gasteiger partial charge in [0, 0.05) is 31.9 Å². The van der Waals surface area contributed by atoms with Gasteiger partial charge in [-0.1, -0.05) is 11.6 Å². The summed E-state index contributed by atoms with van der Waals surface area (Å²) >= 11 is 5.93. The van der Waals surface area contributed by atoms with E-state index in [2.05, 4.69) is 5.32 Å². The summed E-state index contributed by atoms with van der Waals surface area (Å²) < 4.78 is 5.16. The number of amides is 1. The number of nitrogens with one attached hydrogen (secondary N) is 1. The summed E-state index contributed by atoms with van der Waals surface area (Å²) in [6, 6.07) is 10.4. The van der Waals surface area contributed by atoms with Gasteiger partial charge >= 0.3 is 5.97 Å². The first-order valence-corrected chi connectivity index (χ1v) is 8.30. The lowest BCUT2D eigenvalue weighted by atomic mass is 10.2. The molecule has 142 valence electrons. The SMILES string of the molecule is C[C@H](OC(=O)c1ccc(N(C)C)cc1)C(=O)Nc1ccc([N+](=O)[O-])cc1Cl. The number of carbonyl (C=O) groups is 2. The molecular weight excluding hydrogens is 374 g/mol. The summed E-state index contributed by atoms with van der Waals surface area (Å²) in [6.07, 6.45) is -1.09. The number of hydrogen-bond acceptors (Lipinski definition) is 6. The van der Waals surface area contributed by atoms with Crippen LogP contribution in [0.4, 0.5) is 17.1 Å². The third kappa shape index (κ3) is 5.18. The number of hydrogen-bond donors (Lipinski definition) is 1. The fourth-order valence-corrected chi connectivity index (χ4v) is 2.35. The van der Waals surface area contributed by atoms with Gasteiger partial charge in [-0.3, -0.25) is 14.9 Å². The summed E-state index contributed by atoms with van der Waals surface area (Å²) in [7, 11) is 3.76. The minimum atomic E-state index is -1.09. The molecule has 0 bridgehead atoms. The molecule has 0 aliphatic carbocycles. The van der Waals surface area contributed by atoms with Crippen molar-refractivity contribution in [2.24, 2.45) is 0 Å². The van der Waals surface area contributed by atoms with Gasteiger partial charge in [-0.25, -0.2) is 4.79 Å². The van der Waals surface area contributed by atoms with E-state index in [-0.39, 0.29) is 16.4 Å². The Morgan fingerprint density at radius 2 is 1.81 bits per heavy atom. The zero-order chi connectivity index (χ0) is 20.1. The van der Waals surface area contributed by atoms with E-state index in [4.69, 9.17) is 16.3 Å². The number of carbonyl (C=O) groups excluding carboxylic acids is 2. The molecule has 1 atom stereocenters. The van der Waals surface area contributed by atoms with Crippen molar-refractivity contribution >= 4 is 40.5 Å². The van der Waals surface area contributed by atoms with Crippen molar-refractivity contribution in [1.29, 1.82) is 0 Å². The number of ether oxygens (including phenoxy) is 1. The second-order valence-corrected chi connectivity index (χ2v) is 6.31. The van der Waals surface area contributed by atoms with Gasteiger partial charge in [-0.2, -0.15) is 0 Å². The highest BCUT2D eigenvalue weighted by atomic mass is 35.5. The van der Waals surface area contributed by atoms with Crippen molar-refractivity contribution in [3.63, 3.8) is 0 Å². The van der Waals surface area contributed by atoms with Gasteiger partial charge < -0.3 is 15.0 Å². The molecule has 0 fully saturated rings. The fraction of sp³-hybridized carbons (Fsp3) is 0.222. The number of halogens is 1. The third-order valence-corrected chi connectivity index (χ3v) is 4.01. The highest BCUT2D eigenvalue weighted by molar-refractivity contribution is 6.34. The normalized spacial score (nSPS) is 11.4. The maximum absolute atomic E-state index is 12.2. The minimum absolute atomic E-state index is 0.00958. The number of rotatable bonds is 6. The van der Waals surface area contributed by atoms with E-state index in [9.17, 15) is 19.7 Å². The third-order valence-electron chi connectivity index (χ3n) is 3.69. The van der Waals surface area contributed by atoms with Gasteiger partial charge in [0.25, 0.3) is 11.6 Å². The maximum atomic E-state index is 12.2. The molecule has 8 nitrogen and oxygen atoms in total. The van der Waals surface area contributed by atoms with E-state index in [0.29, 0.717) is 5.56 Å². The summed E-state index contributed by atoms with van der Waals surface area (Å²) in [5.41, 5.74) is 1.22. The molecule has 0 aliphatic rings. The number of anilines is 2. The summed E-state index contributed by atoms with van der Waals surface area (Å²) in [4.78, 5) is 36.4. The van der Waals surface area contributed by atoms with Crippen molar-refractivity contribution in [2.75, 3.05) is 24.3 Å². The van der Waals surface area contributed by atoms with E-state index >= 15 is 0 Å². The van der Waals surface area contributed by atoms with E-state index in [0.717, 1.165) is 11.8 Å². The zero-order valence-corrected chi connectivity index (χ0v) is 15.7. The Bertz CT molecular complexity index is 868. The molecule has 0 saturated heterocycles. The molecule has 1 amide bonds. The van der Waals surface area contributed by atoms with Gasteiger partial charge in [-0.15, -0.1) is 0 Å². The molecule has 9 heteroatoms. The van der Waals surface area contributed by atoms with Gasteiger partial charge in [0.15, 0.2) is 6.10 Å². The Morgan fingerprint density at radius 1 is 1.19 bits per heavy atom. The lowest BCUT2D eigenvalue weighted by Gasteiger charge is -2.15. The largest absolute Gasteiger partial charge is 0.449 e. The highest BCUT2D eigenvalue weighted by Gasteiger charge is 2.20. The molecule has 2 rings (SSSR count). The molecule has 27 heavy (non-hydrogen) atoms. The molecule has 0 aliphatic heterocycles. The van der Waals surface area contributed by atoms with Crippen molar-refractivity contribution in [1.82, 2.24) is 0 Å². The number of benzene rings is 2. The lowest BCUT2D eigenvalue weighted by Crippen LogP contribution is -2.30. The van der Waals surface area contributed by atoms with E-state index in [1.165, 1.54) is 19.1 Å². The fourth-order valence-electron chi connectivity index (χ4n) is 2.13. The molecule has 1 N–H and O–H groups in total. The topological polar surface area (TPSA) is 102 Å². The number of nitro groups is 1. The Kier molecular flexibility index (Phi) is 6.36. The molecule has 2 aromatic carbocycles. The quantitative estimate of drug-likeness (QED) is 0.459. The van der Waals surface area contributed by atoms with Crippen LogP contribution in [0.2, 0.25) is 5.02 Å². The average Bonchev–Trinajstić information content (AvgIpc) is 2.63. The molecule has 0 heterocycles. The smallest absolute Gasteiger partial charge is 0.338 e. The van der Waals surface area contributed by atoms with Crippen LogP contribution in [-0.4, -0.2) is 37.0 Å². The highest BCUT2D eigenvalue weighted by Crippen LogP contribution is 2.26. The Hall–Kier alpha value is -3.13. The van der Waals surface area contributed by atoms with Gasteiger partial charge in [0.05, 0.1) is 21.2 Å². The van der Waals surface area contributed by atoms with Crippen molar-refractivity contribution in [3.8, 4) is 0 Å². The van der Waals surface area contributed by atoms with Crippen LogP contribution in [0.25, 0.3) is 0 Å². The summed E-state index contributed by atoms with van der Waals surface area (Å²) in [6.45, 7) is 1.42. The second-order valence-electron chi connectivity index (χ2n) is 5.90. The van der Waals surface area contributed by atoms with Crippen molar-refractivity contribution in [2.45, 2.75) is 13.0 Å². The van der Waals surface area contributed by atoms with Crippen LogP contribution in [0.3, 0.4) is 0 Å². The molecule has 2 aromatic rings. The number of nitrogens with zero attached hydrogens (tertiary/aromatic N) is 2. The first kappa shape index (κ1) is 20.2. The lowest BCUT2D eigenvalue weighted by molar-refractivity contribution is -0.384. The molecule has 0 radical (unpaired) electrons. The predicted octanol–water partition coefficient (Wildman–Crippen LogP) is 3.50. The predicted molar refractivity (Wildman–Crippen MR) is 102 cm³/mol. The van der Waals surface area contributed by atoms with Crippen LogP contribution in [0.5, 0.6) is 0 Å². The average molecular weight is 392 g/mol. The number of esters is 1. The van der Waals surface area contributed by atoms with Crippen LogP contribution in [0.1, 0.15) is 17.3 Å². The van der Waals surface area contributed by atoms with Crippen LogP contribution >= 0.6 is 11.6 Å². The van der Waals surface area contributed by atoms with E-state index < -0.39 is 22.9 Å². The summed E-state index contributed by atoms with van der Waals surface area (Å²) in [5, 5.41) is 13.2. The van der Waals surface area contributed by atoms with Crippen LogP contribution in [0.15, 0.2) is 42.5 Å². The summed E-state index contributed by atoms with van der Waals surface area (Å²) in [5.74, 6) is -1.25. The van der Waals surface area contributed by atoms with Crippen molar-refractivity contribution < 1.29 is 19.2 Å². The molecule has 0 saturated carbocycles. The number of nitro benzene ring substituents is 1. The van der Waals surface area contributed by atoms with E-state index in [1.54, 1.807) is 24.3 Å². The Balaban J connectivity index is 2.00. The maximum Gasteiger partial charge on any atom is 0.338 e. The molecule has 0 aromatic heterocycles. The first-order valence-electron chi connectivity index (χ1n) is 7.92. The molecule has 0 unspecified atom stereocenters. The minimum Gasteiger partial charge on any atom is -0.449 e. The first-order chi connectivity index (χ1) is 12.7. The van der Waals surface area contributed by atoms with Gasteiger partial charge in [0.2, 0.25) is 0 Å². The standard InChI is InChI=1S/C18H18ClN3O5/c1-11(27-18(24)12-4-6-13(7-5-12)21(2)3)17(23)20-16-9-8-14(22(25)26)10-15(16)19/h4-11H,1-3H3,(H,20,23)/t11-/m0/s1. The Labute approximate surface area is 160 Å². The number of non-ortho nitro benzene ring substituents is 1. The van der Waals surface area contributed by atoms with E-state index in [1.807, 2.05) is 19.0 Å². The zero-order valence-electron chi connectivity index (χ0n) is 14.9. The molecular formula is C18H18ClN3O5. The van der Waals surface area contributed by atoms with Crippen molar-refractivity contribution in [3.05, 3.63) is 63.2 Å².